The molecule has 4 aromatic rings. The molecule has 9 nitrogen and oxygen atoms in total. The molecule has 39 heavy (non-hydrogen) atoms. The number of pyridine rings is 1. The van der Waals surface area contributed by atoms with Gasteiger partial charge in [0.05, 0.1) is 25.8 Å². The van der Waals surface area contributed by atoms with Crippen molar-refractivity contribution < 1.29 is 13.9 Å². The van der Waals surface area contributed by atoms with Crippen molar-refractivity contribution in [2.45, 2.75) is 44.2 Å². The molecule has 1 unspecified atom stereocenters. The summed E-state index contributed by atoms with van der Waals surface area (Å²) in [7, 11) is 3.16. The molecule has 1 atom stereocenters. The van der Waals surface area contributed by atoms with Crippen molar-refractivity contribution in [3.63, 3.8) is 0 Å². The van der Waals surface area contributed by atoms with Gasteiger partial charge >= 0.3 is 0 Å². The van der Waals surface area contributed by atoms with Crippen LogP contribution in [0, 0.1) is 5.82 Å². The summed E-state index contributed by atoms with van der Waals surface area (Å²) < 4.78 is 26.3. The molecule has 0 saturated heterocycles. The van der Waals surface area contributed by atoms with Gasteiger partial charge in [-0.25, -0.2) is 9.07 Å². The monoisotopic (exact) mass is 530 g/mol. The molecular formula is C29H31FN6O3. The lowest BCUT2D eigenvalue weighted by Gasteiger charge is -2.33. The van der Waals surface area contributed by atoms with Gasteiger partial charge in [-0.1, -0.05) is 31.1 Å². The summed E-state index contributed by atoms with van der Waals surface area (Å²) in [6, 6.07) is 11.9. The molecule has 6 rings (SSSR count). The molecule has 202 valence electrons. The zero-order valence-corrected chi connectivity index (χ0v) is 22.1. The quantitative estimate of drug-likeness (QED) is 0.371. The molecule has 1 saturated carbocycles. The van der Waals surface area contributed by atoms with Crippen LogP contribution in [0.25, 0.3) is 16.5 Å². The third-order valence-corrected chi connectivity index (χ3v) is 7.93. The van der Waals surface area contributed by atoms with E-state index in [0.717, 1.165) is 48.6 Å². The van der Waals surface area contributed by atoms with E-state index < -0.39 is 6.04 Å². The standard InChI is InChI=1S/C29H31FN6O3/c1-38-25-16-20-15-23(29(37)31-24(20)17-26(25)39-2)27(28-32-33-34-36(28)22-5-3-4-6-22)35-13-11-19(12-14-35)18-7-9-21(30)10-8-18/h7-11,15-17,22,27H,3-6,12-14H2,1-2H3,(H,31,37). The summed E-state index contributed by atoms with van der Waals surface area (Å²) in [5, 5.41) is 13.7. The second-order valence-corrected chi connectivity index (χ2v) is 10.2. The maximum atomic E-state index is 13.6. The van der Waals surface area contributed by atoms with Crippen LogP contribution >= 0.6 is 0 Å². The van der Waals surface area contributed by atoms with Crippen LogP contribution in [0.5, 0.6) is 11.5 Å². The van der Waals surface area contributed by atoms with E-state index in [-0.39, 0.29) is 17.4 Å². The predicted molar refractivity (Wildman–Crippen MR) is 145 cm³/mol. The summed E-state index contributed by atoms with van der Waals surface area (Å²) in [6.07, 6.45) is 7.22. The molecular weight excluding hydrogens is 499 g/mol. The first kappa shape index (κ1) is 25.2. The summed E-state index contributed by atoms with van der Waals surface area (Å²) in [5.41, 5.74) is 3.20. The number of methoxy groups -OCH3 is 2. The van der Waals surface area contributed by atoms with Crippen molar-refractivity contribution in [2.24, 2.45) is 0 Å². The predicted octanol–water partition coefficient (Wildman–Crippen LogP) is 4.66. The molecule has 10 heteroatoms. The van der Waals surface area contributed by atoms with Crippen molar-refractivity contribution >= 4 is 16.5 Å². The SMILES string of the molecule is COc1cc2cc(C(c3nnnn3C3CCCC3)N3CC=C(c4ccc(F)cc4)CC3)c(=O)[nH]c2cc1OC. The number of ether oxygens (including phenoxy) is 2. The molecule has 1 aliphatic carbocycles. The van der Waals surface area contributed by atoms with Crippen molar-refractivity contribution in [1.29, 1.82) is 0 Å². The largest absolute Gasteiger partial charge is 0.493 e. The molecule has 1 N–H and O–H groups in total. The number of hydrogen-bond donors (Lipinski definition) is 1. The maximum absolute atomic E-state index is 13.6. The molecule has 0 amide bonds. The fourth-order valence-corrected chi connectivity index (χ4v) is 5.89. The number of halogens is 1. The fraction of sp³-hybridized carbons (Fsp3) is 0.379. The topological polar surface area (TPSA) is 98.2 Å². The molecule has 2 aromatic heterocycles. The van der Waals surface area contributed by atoms with Gasteiger partial charge in [0.25, 0.3) is 5.56 Å². The van der Waals surface area contributed by atoms with E-state index in [0.29, 0.717) is 41.5 Å². The molecule has 0 bridgehead atoms. The molecule has 2 aliphatic rings. The van der Waals surface area contributed by atoms with Crippen LogP contribution in [0.4, 0.5) is 4.39 Å². The maximum Gasteiger partial charge on any atom is 0.253 e. The number of rotatable bonds is 7. The number of nitrogens with zero attached hydrogens (tertiary/aromatic N) is 5. The van der Waals surface area contributed by atoms with E-state index in [1.165, 1.54) is 12.1 Å². The minimum atomic E-state index is -0.451. The van der Waals surface area contributed by atoms with Gasteiger partial charge in [-0.3, -0.25) is 9.69 Å². The van der Waals surface area contributed by atoms with Crippen LogP contribution < -0.4 is 15.0 Å². The Balaban J connectivity index is 1.44. The van der Waals surface area contributed by atoms with Gasteiger partial charge in [-0.05, 0) is 65.1 Å². The first-order chi connectivity index (χ1) is 19.1. The van der Waals surface area contributed by atoms with Crippen LogP contribution in [0.3, 0.4) is 0 Å². The van der Waals surface area contributed by atoms with Crippen LogP contribution in [0.1, 0.15) is 61.1 Å². The normalized spacial score (nSPS) is 17.4. The molecule has 3 heterocycles. The first-order valence-electron chi connectivity index (χ1n) is 13.3. The van der Waals surface area contributed by atoms with Crippen molar-refractivity contribution in [3.8, 4) is 11.5 Å². The molecule has 2 aromatic carbocycles. The van der Waals surface area contributed by atoms with Gasteiger partial charge in [0.2, 0.25) is 0 Å². The van der Waals surface area contributed by atoms with E-state index in [1.54, 1.807) is 20.3 Å². The number of tetrazole rings is 1. The van der Waals surface area contributed by atoms with Crippen molar-refractivity contribution in [1.82, 2.24) is 30.1 Å². The van der Waals surface area contributed by atoms with Crippen molar-refractivity contribution in [2.75, 3.05) is 27.3 Å². The lowest BCUT2D eigenvalue weighted by molar-refractivity contribution is 0.229. The highest BCUT2D eigenvalue weighted by atomic mass is 19.1. The summed E-state index contributed by atoms with van der Waals surface area (Å²) >= 11 is 0. The van der Waals surface area contributed by atoms with E-state index in [9.17, 15) is 9.18 Å². The number of fused-ring (bicyclic) bond motifs is 1. The highest BCUT2D eigenvalue weighted by Crippen LogP contribution is 2.37. The minimum Gasteiger partial charge on any atom is -0.493 e. The zero-order chi connectivity index (χ0) is 26.9. The van der Waals surface area contributed by atoms with Gasteiger partial charge in [0, 0.05) is 30.1 Å². The smallest absolute Gasteiger partial charge is 0.253 e. The highest BCUT2D eigenvalue weighted by Gasteiger charge is 2.34. The first-order valence-corrected chi connectivity index (χ1v) is 13.3. The highest BCUT2D eigenvalue weighted by molar-refractivity contribution is 5.83. The Labute approximate surface area is 225 Å². The Kier molecular flexibility index (Phi) is 6.86. The Morgan fingerprint density at radius 2 is 1.79 bits per heavy atom. The molecule has 1 fully saturated rings. The second-order valence-electron chi connectivity index (χ2n) is 10.2. The fourth-order valence-electron chi connectivity index (χ4n) is 5.89. The minimum absolute atomic E-state index is 0.200. The van der Waals surface area contributed by atoms with E-state index in [4.69, 9.17) is 9.47 Å². The van der Waals surface area contributed by atoms with Crippen LogP contribution in [0.2, 0.25) is 0 Å². The Morgan fingerprint density at radius 1 is 1.05 bits per heavy atom. The van der Waals surface area contributed by atoms with E-state index in [2.05, 4.69) is 31.5 Å². The number of hydrogen-bond acceptors (Lipinski definition) is 7. The number of H-pyrrole nitrogens is 1. The molecule has 0 radical (unpaired) electrons. The Morgan fingerprint density at radius 3 is 2.49 bits per heavy atom. The summed E-state index contributed by atoms with van der Waals surface area (Å²) in [5.74, 6) is 1.55. The van der Waals surface area contributed by atoms with Crippen LogP contribution in [-0.4, -0.2) is 57.4 Å². The third kappa shape index (κ3) is 4.80. The van der Waals surface area contributed by atoms with Gasteiger partial charge in [-0.15, -0.1) is 5.10 Å². The number of benzene rings is 2. The van der Waals surface area contributed by atoms with E-state index >= 15 is 0 Å². The summed E-state index contributed by atoms with van der Waals surface area (Å²) in [6.45, 7) is 1.28. The van der Waals surface area contributed by atoms with Gasteiger partial charge in [0.15, 0.2) is 17.3 Å². The van der Waals surface area contributed by atoms with E-state index in [1.807, 2.05) is 28.9 Å². The average Bonchev–Trinajstić information content (AvgIpc) is 3.66. The number of aromatic amines is 1. The van der Waals surface area contributed by atoms with Gasteiger partial charge in [-0.2, -0.15) is 0 Å². The van der Waals surface area contributed by atoms with Gasteiger partial charge < -0.3 is 14.5 Å². The Hall–Kier alpha value is -4.05. The van der Waals surface area contributed by atoms with Crippen molar-refractivity contribution in [3.05, 3.63) is 81.7 Å². The number of nitrogens with one attached hydrogen (secondary N) is 1. The summed E-state index contributed by atoms with van der Waals surface area (Å²) in [4.78, 5) is 18.9. The lowest BCUT2D eigenvalue weighted by atomic mass is 9.96. The second kappa shape index (κ2) is 10.6. The molecule has 1 aliphatic heterocycles. The molecule has 0 spiro atoms. The van der Waals surface area contributed by atoms with Crippen LogP contribution in [0.15, 0.2) is 53.3 Å². The van der Waals surface area contributed by atoms with Gasteiger partial charge in [0.1, 0.15) is 11.9 Å². The average molecular weight is 531 g/mol. The van der Waals surface area contributed by atoms with Crippen LogP contribution in [-0.2, 0) is 0 Å². The Bertz CT molecular complexity index is 1570. The lowest BCUT2D eigenvalue weighted by Crippen LogP contribution is -2.38. The number of aromatic nitrogens is 5. The zero-order valence-electron chi connectivity index (χ0n) is 22.1. The third-order valence-electron chi connectivity index (χ3n) is 7.93.